The molecule has 3 heteroatoms. The molecule has 1 aliphatic rings. The average Bonchev–Trinajstić information content (AvgIpc) is 2.38. The summed E-state index contributed by atoms with van der Waals surface area (Å²) in [7, 11) is 1.79. The van der Waals surface area contributed by atoms with Gasteiger partial charge in [0, 0.05) is 7.11 Å². The number of likely N-dealkylation sites (tertiary alicyclic amines) is 1. The fourth-order valence-corrected chi connectivity index (χ4v) is 2.37. The number of hydrogen-bond donors (Lipinski definition) is 1. The molecule has 1 fully saturated rings. The SMILES string of the molecule is COC(C)CCCNCCCN1CCCCC1. The van der Waals surface area contributed by atoms with Gasteiger partial charge in [-0.2, -0.15) is 0 Å². The zero-order valence-corrected chi connectivity index (χ0v) is 11.7. The minimum atomic E-state index is 0.408. The summed E-state index contributed by atoms with van der Waals surface area (Å²) in [4.78, 5) is 2.61. The van der Waals surface area contributed by atoms with Crippen LogP contribution in [0.5, 0.6) is 0 Å². The molecule has 1 saturated heterocycles. The highest BCUT2D eigenvalue weighted by molar-refractivity contribution is 4.64. The summed E-state index contributed by atoms with van der Waals surface area (Å²) < 4.78 is 5.22. The summed E-state index contributed by atoms with van der Waals surface area (Å²) in [6.45, 7) is 8.36. The van der Waals surface area contributed by atoms with E-state index >= 15 is 0 Å². The lowest BCUT2D eigenvalue weighted by Crippen LogP contribution is -2.32. The standard InChI is InChI=1S/C14H30N2O/c1-14(17-2)8-6-9-15-10-7-13-16-11-4-3-5-12-16/h14-15H,3-13H2,1-2H3. The minimum Gasteiger partial charge on any atom is -0.382 e. The maximum Gasteiger partial charge on any atom is 0.0543 e. The molecule has 1 aliphatic heterocycles. The van der Waals surface area contributed by atoms with Crippen molar-refractivity contribution in [2.75, 3.05) is 39.8 Å². The molecule has 17 heavy (non-hydrogen) atoms. The number of ether oxygens (including phenoxy) is 1. The van der Waals surface area contributed by atoms with E-state index in [9.17, 15) is 0 Å². The van der Waals surface area contributed by atoms with Gasteiger partial charge in [0.05, 0.1) is 6.10 Å². The van der Waals surface area contributed by atoms with Crippen LogP contribution >= 0.6 is 0 Å². The molecule has 0 amide bonds. The minimum absolute atomic E-state index is 0.408. The second-order valence-electron chi connectivity index (χ2n) is 5.19. The Hall–Kier alpha value is -0.120. The maximum atomic E-state index is 5.22. The monoisotopic (exact) mass is 242 g/mol. The molecule has 0 bridgehead atoms. The molecular formula is C14H30N2O. The van der Waals surface area contributed by atoms with Crippen LogP contribution in [0, 0.1) is 0 Å². The van der Waals surface area contributed by atoms with E-state index in [0.717, 1.165) is 19.5 Å². The highest BCUT2D eigenvalue weighted by atomic mass is 16.5. The zero-order chi connectivity index (χ0) is 12.3. The fourth-order valence-electron chi connectivity index (χ4n) is 2.37. The number of methoxy groups -OCH3 is 1. The molecule has 1 N–H and O–H groups in total. The van der Waals surface area contributed by atoms with Crippen LogP contribution in [-0.2, 0) is 4.74 Å². The van der Waals surface area contributed by atoms with Crippen LogP contribution in [0.4, 0.5) is 0 Å². The van der Waals surface area contributed by atoms with Crippen LogP contribution in [0.25, 0.3) is 0 Å². The smallest absolute Gasteiger partial charge is 0.0543 e. The van der Waals surface area contributed by atoms with E-state index < -0.39 is 0 Å². The Labute approximate surface area is 107 Å². The number of nitrogens with zero attached hydrogens (tertiary/aromatic N) is 1. The molecule has 1 rings (SSSR count). The van der Waals surface area contributed by atoms with Crippen molar-refractivity contribution in [1.82, 2.24) is 10.2 Å². The van der Waals surface area contributed by atoms with Gasteiger partial charge in [-0.05, 0) is 71.8 Å². The molecule has 1 unspecified atom stereocenters. The van der Waals surface area contributed by atoms with Gasteiger partial charge < -0.3 is 15.0 Å². The first kappa shape index (κ1) is 14.9. The quantitative estimate of drug-likeness (QED) is 0.628. The highest BCUT2D eigenvalue weighted by Gasteiger charge is 2.08. The van der Waals surface area contributed by atoms with Gasteiger partial charge in [-0.25, -0.2) is 0 Å². The third-order valence-corrected chi connectivity index (χ3v) is 3.64. The van der Waals surface area contributed by atoms with Crippen molar-refractivity contribution < 1.29 is 4.74 Å². The summed E-state index contributed by atoms with van der Waals surface area (Å²) in [6.07, 6.45) is 8.33. The lowest BCUT2D eigenvalue weighted by Gasteiger charge is -2.26. The molecule has 0 radical (unpaired) electrons. The molecule has 0 aromatic carbocycles. The summed E-state index contributed by atoms with van der Waals surface area (Å²) in [5.41, 5.74) is 0. The number of hydrogen-bond acceptors (Lipinski definition) is 3. The van der Waals surface area contributed by atoms with E-state index in [1.165, 1.54) is 51.7 Å². The third-order valence-electron chi connectivity index (χ3n) is 3.64. The lowest BCUT2D eigenvalue weighted by molar-refractivity contribution is 0.109. The van der Waals surface area contributed by atoms with E-state index in [1.54, 1.807) is 7.11 Å². The summed E-state index contributed by atoms with van der Waals surface area (Å²) in [5.74, 6) is 0. The first-order valence-corrected chi connectivity index (χ1v) is 7.29. The molecule has 102 valence electrons. The second-order valence-corrected chi connectivity index (χ2v) is 5.19. The summed E-state index contributed by atoms with van der Waals surface area (Å²) in [6, 6.07) is 0. The molecule has 3 nitrogen and oxygen atoms in total. The van der Waals surface area contributed by atoms with E-state index in [1.807, 2.05) is 0 Å². The van der Waals surface area contributed by atoms with Crippen LogP contribution in [-0.4, -0.2) is 50.8 Å². The van der Waals surface area contributed by atoms with Crippen LogP contribution in [0.2, 0.25) is 0 Å². The maximum absolute atomic E-state index is 5.22. The Morgan fingerprint density at radius 3 is 2.53 bits per heavy atom. The number of nitrogens with one attached hydrogen (secondary N) is 1. The molecule has 0 spiro atoms. The summed E-state index contributed by atoms with van der Waals surface area (Å²) >= 11 is 0. The third kappa shape index (κ3) is 7.74. The van der Waals surface area contributed by atoms with Crippen molar-refractivity contribution >= 4 is 0 Å². The van der Waals surface area contributed by atoms with Crippen molar-refractivity contribution in [2.45, 2.75) is 51.6 Å². The molecule has 1 atom stereocenters. The van der Waals surface area contributed by atoms with E-state index in [-0.39, 0.29) is 0 Å². The molecule has 0 saturated carbocycles. The van der Waals surface area contributed by atoms with Gasteiger partial charge in [0.25, 0.3) is 0 Å². The Bertz CT molecular complexity index is 170. The van der Waals surface area contributed by atoms with E-state index in [4.69, 9.17) is 4.74 Å². The van der Waals surface area contributed by atoms with Crippen molar-refractivity contribution in [3.8, 4) is 0 Å². The molecule has 1 heterocycles. The lowest BCUT2D eigenvalue weighted by atomic mass is 10.1. The van der Waals surface area contributed by atoms with Crippen LogP contribution in [0.1, 0.15) is 45.4 Å². The van der Waals surface area contributed by atoms with Crippen LogP contribution in [0.15, 0.2) is 0 Å². The first-order valence-electron chi connectivity index (χ1n) is 7.29. The summed E-state index contributed by atoms with van der Waals surface area (Å²) in [5, 5.41) is 3.52. The van der Waals surface area contributed by atoms with Gasteiger partial charge in [0.1, 0.15) is 0 Å². The molecule has 0 aromatic rings. The van der Waals surface area contributed by atoms with Crippen molar-refractivity contribution in [3.05, 3.63) is 0 Å². The normalized spacial score (nSPS) is 19.4. The number of rotatable bonds is 9. The fraction of sp³-hybridized carbons (Fsp3) is 1.00. The van der Waals surface area contributed by atoms with Crippen LogP contribution < -0.4 is 5.32 Å². The second kappa shape index (κ2) is 9.86. The van der Waals surface area contributed by atoms with Gasteiger partial charge in [0.15, 0.2) is 0 Å². The zero-order valence-electron chi connectivity index (χ0n) is 11.7. The number of piperidine rings is 1. The predicted molar refractivity (Wildman–Crippen MR) is 73.5 cm³/mol. The first-order chi connectivity index (χ1) is 8.33. The average molecular weight is 242 g/mol. The molecule has 0 aromatic heterocycles. The van der Waals surface area contributed by atoms with Gasteiger partial charge >= 0.3 is 0 Å². The largest absolute Gasteiger partial charge is 0.382 e. The Kier molecular flexibility index (Phi) is 8.67. The van der Waals surface area contributed by atoms with Crippen molar-refractivity contribution in [2.24, 2.45) is 0 Å². The van der Waals surface area contributed by atoms with Gasteiger partial charge in [-0.3, -0.25) is 0 Å². The van der Waals surface area contributed by atoms with Crippen molar-refractivity contribution in [1.29, 1.82) is 0 Å². The van der Waals surface area contributed by atoms with Crippen LogP contribution in [0.3, 0.4) is 0 Å². The van der Waals surface area contributed by atoms with Gasteiger partial charge in [-0.1, -0.05) is 6.42 Å². The van der Waals surface area contributed by atoms with E-state index in [2.05, 4.69) is 17.1 Å². The van der Waals surface area contributed by atoms with Crippen molar-refractivity contribution in [3.63, 3.8) is 0 Å². The Morgan fingerprint density at radius 1 is 1.12 bits per heavy atom. The molecule has 0 aliphatic carbocycles. The predicted octanol–water partition coefficient (Wildman–Crippen LogP) is 2.27. The Balaban J connectivity index is 1.80. The topological polar surface area (TPSA) is 24.5 Å². The molecular weight excluding hydrogens is 212 g/mol. The Morgan fingerprint density at radius 2 is 1.82 bits per heavy atom. The van der Waals surface area contributed by atoms with E-state index in [0.29, 0.717) is 6.10 Å². The van der Waals surface area contributed by atoms with Gasteiger partial charge in [-0.15, -0.1) is 0 Å². The highest BCUT2D eigenvalue weighted by Crippen LogP contribution is 2.08. The van der Waals surface area contributed by atoms with Gasteiger partial charge in [0.2, 0.25) is 0 Å².